The van der Waals surface area contributed by atoms with Crippen molar-refractivity contribution in [1.29, 1.82) is 0 Å². The third kappa shape index (κ3) is 3.05. The maximum absolute atomic E-state index is 2.48. The highest BCUT2D eigenvalue weighted by Gasteiger charge is 2.44. The highest BCUT2D eigenvalue weighted by atomic mass is 14.5. The van der Waals surface area contributed by atoms with Crippen LogP contribution in [0, 0.1) is 43.4 Å². The van der Waals surface area contributed by atoms with Crippen molar-refractivity contribution in [1.82, 2.24) is 0 Å². The lowest BCUT2D eigenvalue weighted by Gasteiger charge is -2.38. The second-order valence-electron chi connectivity index (χ2n) is 8.50. The van der Waals surface area contributed by atoms with E-state index in [-0.39, 0.29) is 0 Å². The molecule has 21 heavy (non-hydrogen) atoms. The van der Waals surface area contributed by atoms with Crippen molar-refractivity contribution in [3.8, 4) is 0 Å². The zero-order valence-electron chi connectivity index (χ0n) is 14.5. The predicted octanol–water partition coefficient (Wildman–Crippen LogP) is 6.12. The summed E-state index contributed by atoms with van der Waals surface area (Å²) < 4.78 is 0. The fraction of sp³-hybridized carbons (Fsp3) is 0.714. The van der Waals surface area contributed by atoms with E-state index in [2.05, 4.69) is 52.8 Å². The molecule has 0 spiro atoms. The largest absolute Gasteiger partial charge is 0.0625 e. The molecule has 2 fully saturated rings. The molecule has 0 heteroatoms. The van der Waals surface area contributed by atoms with Crippen molar-refractivity contribution < 1.29 is 0 Å². The zero-order chi connectivity index (χ0) is 15.1. The van der Waals surface area contributed by atoms with E-state index >= 15 is 0 Å². The minimum Gasteiger partial charge on any atom is -0.0625 e. The van der Waals surface area contributed by atoms with E-state index in [9.17, 15) is 0 Å². The minimum absolute atomic E-state index is 0.820. The van der Waals surface area contributed by atoms with Gasteiger partial charge in [0.25, 0.3) is 0 Å². The second kappa shape index (κ2) is 5.78. The van der Waals surface area contributed by atoms with Crippen molar-refractivity contribution in [2.24, 2.45) is 29.6 Å². The Labute approximate surface area is 131 Å². The predicted molar refractivity (Wildman–Crippen MR) is 91.6 cm³/mol. The van der Waals surface area contributed by atoms with Gasteiger partial charge in [0.15, 0.2) is 0 Å². The van der Waals surface area contributed by atoms with Gasteiger partial charge in [0, 0.05) is 0 Å². The Balaban J connectivity index is 1.89. The van der Waals surface area contributed by atoms with E-state index in [4.69, 9.17) is 0 Å². The smallest absolute Gasteiger partial charge is 0.0128 e. The molecular formula is C21H32. The van der Waals surface area contributed by atoms with Gasteiger partial charge < -0.3 is 0 Å². The van der Waals surface area contributed by atoms with Crippen molar-refractivity contribution in [2.75, 3.05) is 0 Å². The second-order valence-corrected chi connectivity index (χ2v) is 8.50. The Morgan fingerprint density at radius 3 is 2.19 bits per heavy atom. The third-order valence-electron chi connectivity index (χ3n) is 6.28. The van der Waals surface area contributed by atoms with Crippen molar-refractivity contribution >= 4 is 0 Å². The van der Waals surface area contributed by atoms with Gasteiger partial charge in [0.1, 0.15) is 0 Å². The van der Waals surface area contributed by atoms with Crippen LogP contribution >= 0.6 is 0 Å². The van der Waals surface area contributed by atoms with Gasteiger partial charge in [-0.3, -0.25) is 0 Å². The number of hydrogen-bond acceptors (Lipinski definition) is 0. The molecule has 0 heterocycles. The minimum atomic E-state index is 0.820. The molecule has 2 saturated carbocycles. The van der Waals surface area contributed by atoms with Crippen LogP contribution in [0.2, 0.25) is 0 Å². The lowest BCUT2D eigenvalue weighted by molar-refractivity contribution is 0.187. The average Bonchev–Trinajstić information content (AvgIpc) is 2.80. The molecule has 0 radical (unpaired) electrons. The summed E-state index contributed by atoms with van der Waals surface area (Å²) in [4.78, 5) is 0. The summed E-state index contributed by atoms with van der Waals surface area (Å²) in [6.45, 7) is 11.8. The lowest BCUT2D eigenvalue weighted by Crippen LogP contribution is -2.27. The normalized spacial score (nSPS) is 36.0. The summed E-state index contributed by atoms with van der Waals surface area (Å²) in [7, 11) is 0. The first-order chi connectivity index (χ1) is 9.94. The van der Waals surface area contributed by atoms with Crippen LogP contribution in [0.5, 0.6) is 0 Å². The Bertz CT molecular complexity index is 479. The van der Waals surface area contributed by atoms with Gasteiger partial charge in [-0.25, -0.2) is 0 Å². The first-order valence-electron chi connectivity index (χ1n) is 9.02. The molecule has 3 rings (SSSR count). The SMILES string of the molecule is Cc1cc(C)cc(C2CC(C)CC3CC(C(C)C)CC32)c1. The van der Waals surface area contributed by atoms with Crippen LogP contribution in [0.25, 0.3) is 0 Å². The molecule has 0 saturated heterocycles. The fourth-order valence-electron chi connectivity index (χ4n) is 5.34. The third-order valence-corrected chi connectivity index (χ3v) is 6.28. The molecule has 0 amide bonds. The lowest BCUT2D eigenvalue weighted by atomic mass is 9.67. The maximum atomic E-state index is 2.48. The summed E-state index contributed by atoms with van der Waals surface area (Å²) in [6, 6.07) is 7.25. The Kier molecular flexibility index (Phi) is 4.17. The van der Waals surface area contributed by atoms with Crippen LogP contribution < -0.4 is 0 Å². The van der Waals surface area contributed by atoms with Crippen LogP contribution in [0.4, 0.5) is 0 Å². The first-order valence-corrected chi connectivity index (χ1v) is 9.02. The monoisotopic (exact) mass is 284 g/mol. The Morgan fingerprint density at radius 1 is 0.905 bits per heavy atom. The summed E-state index contributed by atoms with van der Waals surface area (Å²) in [5, 5.41) is 0. The first kappa shape index (κ1) is 15.1. The maximum Gasteiger partial charge on any atom is -0.0128 e. The molecule has 0 aromatic heterocycles. The van der Waals surface area contributed by atoms with Crippen LogP contribution in [-0.4, -0.2) is 0 Å². The van der Waals surface area contributed by atoms with Gasteiger partial charge in [-0.15, -0.1) is 0 Å². The molecule has 0 aliphatic heterocycles. The number of benzene rings is 1. The molecule has 1 aromatic rings. The molecule has 1 aromatic carbocycles. The molecule has 5 unspecified atom stereocenters. The summed E-state index contributed by atoms with van der Waals surface area (Å²) in [6.07, 6.45) is 5.87. The van der Waals surface area contributed by atoms with Crippen LogP contribution in [0.1, 0.15) is 69.1 Å². The quantitative estimate of drug-likeness (QED) is 0.614. The van der Waals surface area contributed by atoms with E-state index in [1.54, 1.807) is 5.56 Å². The fourth-order valence-corrected chi connectivity index (χ4v) is 5.34. The zero-order valence-corrected chi connectivity index (χ0v) is 14.5. The van der Waals surface area contributed by atoms with E-state index in [1.165, 1.54) is 36.8 Å². The molecule has 2 aliphatic rings. The molecule has 0 nitrogen and oxygen atoms in total. The highest BCUT2D eigenvalue weighted by molar-refractivity contribution is 5.32. The summed E-state index contributed by atoms with van der Waals surface area (Å²) in [5.74, 6) is 5.51. The van der Waals surface area contributed by atoms with Crippen LogP contribution in [0.15, 0.2) is 18.2 Å². The van der Waals surface area contributed by atoms with Crippen LogP contribution in [0.3, 0.4) is 0 Å². The number of aryl methyl sites for hydroxylation is 2. The topological polar surface area (TPSA) is 0 Å². The number of hydrogen-bond donors (Lipinski definition) is 0. The van der Waals surface area contributed by atoms with E-state index in [1.807, 2.05) is 0 Å². The molecule has 0 bridgehead atoms. The molecular weight excluding hydrogens is 252 g/mol. The number of rotatable bonds is 2. The molecule has 5 atom stereocenters. The summed E-state index contributed by atoms with van der Waals surface area (Å²) in [5.41, 5.74) is 4.52. The van der Waals surface area contributed by atoms with E-state index in [0.717, 1.165) is 35.5 Å². The van der Waals surface area contributed by atoms with E-state index in [0.29, 0.717) is 0 Å². The molecule has 0 N–H and O–H groups in total. The van der Waals surface area contributed by atoms with Gasteiger partial charge in [-0.05, 0) is 80.6 Å². The van der Waals surface area contributed by atoms with Crippen molar-refractivity contribution in [3.63, 3.8) is 0 Å². The van der Waals surface area contributed by atoms with E-state index < -0.39 is 0 Å². The van der Waals surface area contributed by atoms with Crippen molar-refractivity contribution in [2.45, 2.75) is 66.2 Å². The van der Waals surface area contributed by atoms with Gasteiger partial charge in [0.05, 0.1) is 0 Å². The highest BCUT2D eigenvalue weighted by Crippen LogP contribution is 2.54. The van der Waals surface area contributed by atoms with Gasteiger partial charge >= 0.3 is 0 Å². The summed E-state index contributed by atoms with van der Waals surface area (Å²) >= 11 is 0. The number of fused-ring (bicyclic) bond motifs is 1. The molecule has 2 aliphatic carbocycles. The van der Waals surface area contributed by atoms with Crippen LogP contribution in [-0.2, 0) is 0 Å². The molecule has 116 valence electrons. The van der Waals surface area contributed by atoms with Gasteiger partial charge in [-0.1, -0.05) is 50.1 Å². The van der Waals surface area contributed by atoms with Crippen molar-refractivity contribution in [3.05, 3.63) is 34.9 Å². The Hall–Kier alpha value is -0.780. The van der Waals surface area contributed by atoms with Gasteiger partial charge in [-0.2, -0.15) is 0 Å². The Morgan fingerprint density at radius 2 is 1.57 bits per heavy atom. The van der Waals surface area contributed by atoms with Gasteiger partial charge in [0.2, 0.25) is 0 Å². The average molecular weight is 284 g/mol. The standard InChI is InChI=1S/C21H32/c1-13(2)17-11-19-9-16(5)10-20(21(19)12-17)18-7-14(3)6-15(4)8-18/h6-8,13,16-17,19-21H,9-12H2,1-5H3.